The van der Waals surface area contributed by atoms with Crippen molar-refractivity contribution >= 4 is 23.1 Å². The molecule has 1 aliphatic carbocycles. The summed E-state index contributed by atoms with van der Waals surface area (Å²) in [6.07, 6.45) is 6.46. The topological polar surface area (TPSA) is 32.3 Å². The zero-order chi connectivity index (χ0) is 12.9. The molecule has 1 fully saturated rings. The first-order chi connectivity index (χ1) is 8.63. The van der Waals surface area contributed by atoms with E-state index in [4.69, 9.17) is 11.6 Å². The molecular weight excluding hydrogens is 248 g/mol. The minimum Gasteiger partial charge on any atom is -0.344 e. The number of aromatic nitrogens is 2. The summed E-state index contributed by atoms with van der Waals surface area (Å²) in [4.78, 5) is 13.1. The van der Waals surface area contributed by atoms with Gasteiger partial charge in [-0.05, 0) is 38.3 Å². The molecular formula is C13H17ClN4. The molecule has 18 heavy (non-hydrogen) atoms. The number of halogens is 1. The van der Waals surface area contributed by atoms with E-state index in [1.807, 2.05) is 6.20 Å². The van der Waals surface area contributed by atoms with Gasteiger partial charge in [-0.1, -0.05) is 6.08 Å². The van der Waals surface area contributed by atoms with Gasteiger partial charge in [0.15, 0.2) is 5.82 Å². The van der Waals surface area contributed by atoms with Crippen molar-refractivity contribution in [1.82, 2.24) is 9.97 Å². The molecule has 1 atom stereocenters. The molecule has 1 aromatic heterocycles. The van der Waals surface area contributed by atoms with Gasteiger partial charge in [-0.2, -0.15) is 4.98 Å². The van der Waals surface area contributed by atoms with Crippen LogP contribution in [0.4, 0.5) is 11.5 Å². The molecule has 3 rings (SSSR count). The Kier molecular flexibility index (Phi) is 2.70. The van der Waals surface area contributed by atoms with E-state index in [1.54, 1.807) is 0 Å². The minimum atomic E-state index is 0.323. The first-order valence-corrected chi connectivity index (χ1v) is 6.72. The Balaban J connectivity index is 2.15. The van der Waals surface area contributed by atoms with Crippen molar-refractivity contribution in [3.05, 3.63) is 23.3 Å². The minimum absolute atomic E-state index is 0.323. The fourth-order valence-corrected chi connectivity index (χ4v) is 2.92. The quantitative estimate of drug-likeness (QED) is 0.730. The Bertz CT molecular complexity index is 510. The van der Waals surface area contributed by atoms with Crippen LogP contribution in [0.2, 0.25) is 5.28 Å². The highest BCUT2D eigenvalue weighted by Gasteiger charge is 2.40. The Morgan fingerprint density at radius 2 is 2.17 bits per heavy atom. The summed E-state index contributed by atoms with van der Waals surface area (Å²) in [7, 11) is 2.06. The fourth-order valence-electron chi connectivity index (χ4n) is 2.79. The van der Waals surface area contributed by atoms with Gasteiger partial charge in [0, 0.05) is 18.8 Å². The second-order valence-corrected chi connectivity index (χ2v) is 5.27. The zero-order valence-corrected chi connectivity index (χ0v) is 11.6. The van der Waals surface area contributed by atoms with Crippen LogP contribution in [0.3, 0.4) is 0 Å². The van der Waals surface area contributed by atoms with Crippen LogP contribution in [0, 0.1) is 0 Å². The van der Waals surface area contributed by atoms with Crippen molar-refractivity contribution in [3.8, 4) is 0 Å². The fraction of sp³-hybridized carbons (Fsp3) is 0.538. The van der Waals surface area contributed by atoms with Gasteiger partial charge in [0.2, 0.25) is 5.28 Å². The van der Waals surface area contributed by atoms with Crippen molar-refractivity contribution in [3.63, 3.8) is 0 Å². The lowest BCUT2D eigenvalue weighted by Gasteiger charge is -2.42. The number of likely N-dealkylation sites (N-methyl/N-ethyl adjacent to an activating group) is 1. The van der Waals surface area contributed by atoms with Crippen LogP contribution in [0.5, 0.6) is 0 Å². The monoisotopic (exact) mass is 264 g/mol. The normalized spacial score (nSPS) is 25.6. The lowest BCUT2D eigenvalue weighted by molar-refractivity contribution is 0.649. The average molecular weight is 265 g/mol. The second-order valence-electron chi connectivity index (χ2n) is 4.93. The van der Waals surface area contributed by atoms with Crippen LogP contribution < -0.4 is 9.80 Å². The first kappa shape index (κ1) is 11.8. The van der Waals surface area contributed by atoms with Gasteiger partial charge in [0.05, 0.1) is 12.2 Å². The molecule has 1 unspecified atom stereocenters. The summed E-state index contributed by atoms with van der Waals surface area (Å²) in [6.45, 7) is 4.30. The maximum Gasteiger partial charge on any atom is 0.224 e. The first-order valence-electron chi connectivity index (χ1n) is 6.34. The van der Waals surface area contributed by atoms with Gasteiger partial charge >= 0.3 is 0 Å². The maximum atomic E-state index is 5.95. The number of nitrogens with zero attached hydrogens (tertiary/aromatic N) is 4. The van der Waals surface area contributed by atoms with Crippen LogP contribution >= 0.6 is 11.6 Å². The summed E-state index contributed by atoms with van der Waals surface area (Å²) in [6, 6.07) is 0.944. The molecule has 0 spiro atoms. The van der Waals surface area contributed by atoms with Gasteiger partial charge in [-0.15, -0.1) is 0 Å². The zero-order valence-electron chi connectivity index (χ0n) is 10.9. The lowest BCUT2D eigenvalue weighted by atomic mass is 10.1. The van der Waals surface area contributed by atoms with E-state index in [0.29, 0.717) is 17.4 Å². The SMILES string of the molecule is CC=C1C(C)N(C2CC2)c2nc(Cl)ncc2N1C. The third-order valence-electron chi connectivity index (χ3n) is 3.80. The Morgan fingerprint density at radius 3 is 2.78 bits per heavy atom. The number of allylic oxidation sites excluding steroid dienone is 1. The highest BCUT2D eigenvalue weighted by molar-refractivity contribution is 6.28. The third kappa shape index (κ3) is 1.67. The maximum absolute atomic E-state index is 5.95. The second kappa shape index (κ2) is 4.12. The molecule has 0 bridgehead atoms. The molecule has 96 valence electrons. The van der Waals surface area contributed by atoms with Crippen molar-refractivity contribution in [1.29, 1.82) is 0 Å². The molecule has 0 saturated heterocycles. The summed E-state index contributed by atoms with van der Waals surface area (Å²) < 4.78 is 0. The number of hydrogen-bond donors (Lipinski definition) is 0. The van der Waals surface area contributed by atoms with Crippen LogP contribution in [-0.4, -0.2) is 29.1 Å². The summed E-state index contributed by atoms with van der Waals surface area (Å²) in [5.41, 5.74) is 2.33. The van der Waals surface area contributed by atoms with Crippen LogP contribution in [0.1, 0.15) is 26.7 Å². The number of rotatable bonds is 1. The lowest BCUT2D eigenvalue weighted by Crippen LogP contribution is -2.46. The molecule has 0 amide bonds. The van der Waals surface area contributed by atoms with Crippen LogP contribution in [-0.2, 0) is 0 Å². The molecule has 4 nitrogen and oxygen atoms in total. The van der Waals surface area contributed by atoms with Gasteiger partial charge in [-0.3, -0.25) is 0 Å². The van der Waals surface area contributed by atoms with E-state index in [9.17, 15) is 0 Å². The smallest absolute Gasteiger partial charge is 0.224 e. The van der Waals surface area contributed by atoms with Crippen molar-refractivity contribution < 1.29 is 0 Å². The standard InChI is InChI=1S/C13H17ClN4/c1-4-10-8(2)18(9-5-6-9)12-11(17(10)3)7-15-13(14)16-12/h4,7-9H,5-6H2,1-3H3. The number of fused-ring (bicyclic) bond motifs is 1. The Labute approximate surface area is 112 Å². The Morgan fingerprint density at radius 1 is 1.44 bits per heavy atom. The van der Waals surface area contributed by atoms with Crippen LogP contribution in [0.15, 0.2) is 18.0 Å². The molecule has 2 heterocycles. The molecule has 0 N–H and O–H groups in total. The van der Waals surface area contributed by atoms with E-state index in [-0.39, 0.29) is 0 Å². The summed E-state index contributed by atoms with van der Waals surface area (Å²) in [5, 5.41) is 0.323. The van der Waals surface area contributed by atoms with Crippen molar-refractivity contribution in [2.24, 2.45) is 0 Å². The van der Waals surface area contributed by atoms with Gasteiger partial charge in [0.25, 0.3) is 0 Å². The third-order valence-corrected chi connectivity index (χ3v) is 3.98. The number of anilines is 2. The highest BCUT2D eigenvalue weighted by Crippen LogP contribution is 2.43. The van der Waals surface area contributed by atoms with Gasteiger partial charge < -0.3 is 9.80 Å². The molecule has 0 radical (unpaired) electrons. The van der Waals surface area contributed by atoms with Gasteiger partial charge in [0.1, 0.15) is 5.69 Å². The average Bonchev–Trinajstić information content (AvgIpc) is 3.14. The highest BCUT2D eigenvalue weighted by atomic mass is 35.5. The number of hydrogen-bond acceptors (Lipinski definition) is 4. The van der Waals surface area contributed by atoms with Crippen LogP contribution in [0.25, 0.3) is 0 Å². The van der Waals surface area contributed by atoms with E-state index < -0.39 is 0 Å². The van der Waals surface area contributed by atoms with Crippen molar-refractivity contribution in [2.45, 2.75) is 38.8 Å². The summed E-state index contributed by atoms with van der Waals surface area (Å²) >= 11 is 5.95. The van der Waals surface area contributed by atoms with Gasteiger partial charge in [-0.25, -0.2) is 4.98 Å². The van der Waals surface area contributed by atoms with E-state index in [2.05, 4.69) is 46.7 Å². The molecule has 1 saturated carbocycles. The largest absolute Gasteiger partial charge is 0.344 e. The molecule has 0 aromatic carbocycles. The van der Waals surface area contributed by atoms with Crippen molar-refractivity contribution in [2.75, 3.05) is 16.8 Å². The summed E-state index contributed by atoms with van der Waals surface area (Å²) in [5.74, 6) is 0.970. The predicted octanol–water partition coefficient (Wildman–Crippen LogP) is 2.84. The molecule has 5 heteroatoms. The molecule has 1 aliphatic heterocycles. The Hall–Kier alpha value is -1.29. The molecule has 1 aromatic rings. The van der Waals surface area contributed by atoms with E-state index in [1.165, 1.54) is 18.5 Å². The van der Waals surface area contributed by atoms with E-state index >= 15 is 0 Å². The molecule has 2 aliphatic rings. The van der Waals surface area contributed by atoms with E-state index in [0.717, 1.165) is 11.5 Å². The predicted molar refractivity (Wildman–Crippen MR) is 74.2 cm³/mol.